The molecule has 1 amide bonds. The van der Waals surface area contributed by atoms with Crippen molar-refractivity contribution in [3.8, 4) is 5.75 Å². The number of aromatic nitrogens is 3. The standard InChI is InChI=1S/C25H25N5O4/c1-15-16(2)34-28-22(15)27-23(32)19-21(31)24(33)30(4)25(26-19)29(3)20(17-11-7-5-8-12-17)18-13-9-6-10-14-18/h5-14,20,31H,1-4H3,(H,27,28,32). The van der Waals surface area contributed by atoms with Crippen LogP contribution >= 0.6 is 0 Å². The van der Waals surface area contributed by atoms with Crippen LogP contribution in [0.3, 0.4) is 0 Å². The van der Waals surface area contributed by atoms with Crippen molar-refractivity contribution >= 4 is 17.7 Å². The summed E-state index contributed by atoms with van der Waals surface area (Å²) in [5.41, 5.74) is 1.44. The van der Waals surface area contributed by atoms with Gasteiger partial charge in [-0.3, -0.25) is 14.2 Å². The maximum atomic E-state index is 13.0. The first-order chi connectivity index (χ1) is 16.3. The van der Waals surface area contributed by atoms with E-state index in [1.807, 2.05) is 60.7 Å². The molecule has 2 heterocycles. The van der Waals surface area contributed by atoms with Crippen molar-refractivity contribution in [1.82, 2.24) is 14.7 Å². The number of aryl methyl sites for hydroxylation is 1. The Morgan fingerprint density at radius 3 is 2.12 bits per heavy atom. The van der Waals surface area contributed by atoms with E-state index >= 15 is 0 Å². The van der Waals surface area contributed by atoms with Crippen LogP contribution in [0.2, 0.25) is 0 Å². The largest absolute Gasteiger partial charge is 0.501 e. The van der Waals surface area contributed by atoms with E-state index in [0.29, 0.717) is 11.3 Å². The maximum absolute atomic E-state index is 13.0. The third-order valence-corrected chi connectivity index (χ3v) is 5.78. The number of carbonyl (C=O) groups is 1. The predicted molar refractivity (Wildman–Crippen MR) is 128 cm³/mol. The van der Waals surface area contributed by atoms with Gasteiger partial charge < -0.3 is 19.8 Å². The normalized spacial score (nSPS) is 11.0. The molecule has 0 unspecified atom stereocenters. The van der Waals surface area contributed by atoms with Crippen LogP contribution in [0.25, 0.3) is 0 Å². The van der Waals surface area contributed by atoms with E-state index < -0.39 is 22.9 Å². The third kappa shape index (κ3) is 4.15. The molecule has 0 saturated carbocycles. The van der Waals surface area contributed by atoms with Gasteiger partial charge in [0.25, 0.3) is 11.5 Å². The Morgan fingerprint density at radius 2 is 1.62 bits per heavy atom. The number of nitrogens with zero attached hydrogens (tertiary/aromatic N) is 4. The lowest BCUT2D eigenvalue weighted by molar-refractivity contribution is 0.101. The van der Waals surface area contributed by atoms with Crippen LogP contribution in [0.5, 0.6) is 5.75 Å². The summed E-state index contributed by atoms with van der Waals surface area (Å²) in [5, 5.41) is 16.8. The number of anilines is 2. The number of amides is 1. The fraction of sp³-hybridized carbons (Fsp3) is 0.200. The van der Waals surface area contributed by atoms with Crippen molar-refractivity contribution in [3.05, 3.63) is 99.2 Å². The Kier molecular flexibility index (Phi) is 6.18. The Morgan fingerprint density at radius 1 is 1.06 bits per heavy atom. The zero-order valence-corrected chi connectivity index (χ0v) is 19.3. The molecule has 9 heteroatoms. The highest BCUT2D eigenvalue weighted by molar-refractivity contribution is 6.04. The summed E-state index contributed by atoms with van der Waals surface area (Å²) in [5.74, 6) is -0.557. The van der Waals surface area contributed by atoms with E-state index in [9.17, 15) is 14.7 Å². The van der Waals surface area contributed by atoms with Crippen molar-refractivity contribution in [2.45, 2.75) is 19.9 Å². The minimum Gasteiger partial charge on any atom is -0.501 e. The Labute approximate surface area is 196 Å². The SMILES string of the molecule is Cc1onc(NC(=O)c2nc(N(C)C(c3ccccc3)c3ccccc3)n(C)c(=O)c2O)c1C. The van der Waals surface area contributed by atoms with Gasteiger partial charge in [-0.2, -0.15) is 0 Å². The maximum Gasteiger partial charge on any atom is 0.297 e. The van der Waals surface area contributed by atoms with Crippen LogP contribution in [0.15, 0.2) is 70.0 Å². The van der Waals surface area contributed by atoms with Gasteiger partial charge in [-0.1, -0.05) is 65.8 Å². The fourth-order valence-corrected chi connectivity index (χ4v) is 3.78. The van der Waals surface area contributed by atoms with Gasteiger partial charge in [0.05, 0.1) is 6.04 Å². The number of hydrogen-bond acceptors (Lipinski definition) is 7. The number of aromatic hydroxyl groups is 1. The van der Waals surface area contributed by atoms with Gasteiger partial charge in [0, 0.05) is 19.7 Å². The molecule has 0 fully saturated rings. The molecule has 2 aromatic heterocycles. The van der Waals surface area contributed by atoms with Crippen LogP contribution in [0, 0.1) is 13.8 Å². The minimum atomic E-state index is -0.766. The molecule has 0 spiro atoms. The Bertz CT molecular complexity index is 1340. The second kappa shape index (κ2) is 9.22. The van der Waals surface area contributed by atoms with Crippen molar-refractivity contribution in [1.29, 1.82) is 0 Å². The van der Waals surface area contributed by atoms with Gasteiger partial charge in [-0.15, -0.1) is 0 Å². The van der Waals surface area contributed by atoms with E-state index in [0.717, 1.165) is 11.1 Å². The summed E-state index contributed by atoms with van der Waals surface area (Å²) in [7, 11) is 3.29. The molecule has 174 valence electrons. The predicted octanol–water partition coefficient (Wildman–Crippen LogP) is 3.57. The van der Waals surface area contributed by atoms with Crippen LogP contribution in [0.1, 0.15) is 39.0 Å². The van der Waals surface area contributed by atoms with Gasteiger partial charge in [0.2, 0.25) is 11.7 Å². The molecule has 4 rings (SSSR count). The zero-order valence-electron chi connectivity index (χ0n) is 19.3. The summed E-state index contributed by atoms with van der Waals surface area (Å²) in [6.45, 7) is 3.45. The summed E-state index contributed by atoms with van der Waals surface area (Å²) in [6.07, 6.45) is 0. The first-order valence-electron chi connectivity index (χ1n) is 10.7. The number of rotatable bonds is 6. The molecule has 0 bridgehead atoms. The number of hydrogen-bond donors (Lipinski definition) is 2. The van der Waals surface area contributed by atoms with E-state index in [-0.39, 0.29) is 17.8 Å². The lowest BCUT2D eigenvalue weighted by atomic mass is 9.97. The van der Waals surface area contributed by atoms with Crippen molar-refractivity contribution < 1.29 is 14.4 Å². The molecule has 2 N–H and O–H groups in total. The first kappa shape index (κ1) is 22.8. The zero-order chi connectivity index (χ0) is 24.4. The van der Waals surface area contributed by atoms with Gasteiger partial charge in [0.15, 0.2) is 11.5 Å². The molecule has 4 aromatic rings. The lowest BCUT2D eigenvalue weighted by Crippen LogP contribution is -2.34. The van der Waals surface area contributed by atoms with E-state index in [4.69, 9.17) is 4.52 Å². The molecule has 0 atom stereocenters. The summed E-state index contributed by atoms with van der Waals surface area (Å²) in [6, 6.07) is 19.2. The highest BCUT2D eigenvalue weighted by Crippen LogP contribution is 2.31. The molecule has 34 heavy (non-hydrogen) atoms. The topological polar surface area (TPSA) is 113 Å². The first-order valence-corrected chi connectivity index (χ1v) is 10.7. The minimum absolute atomic E-state index is 0.200. The van der Waals surface area contributed by atoms with Gasteiger partial charge in [-0.25, -0.2) is 4.98 Å². The van der Waals surface area contributed by atoms with E-state index in [2.05, 4.69) is 15.5 Å². The molecule has 0 saturated heterocycles. The van der Waals surface area contributed by atoms with Gasteiger partial charge in [0.1, 0.15) is 5.76 Å². The summed E-state index contributed by atoms with van der Waals surface area (Å²) in [4.78, 5) is 32.0. The smallest absolute Gasteiger partial charge is 0.297 e. The highest BCUT2D eigenvalue weighted by atomic mass is 16.5. The molecular formula is C25H25N5O4. The van der Waals surface area contributed by atoms with Crippen LogP contribution in [0.4, 0.5) is 11.8 Å². The Hall–Kier alpha value is -4.40. The van der Waals surface area contributed by atoms with Crippen LogP contribution < -0.4 is 15.8 Å². The van der Waals surface area contributed by atoms with Crippen molar-refractivity contribution in [3.63, 3.8) is 0 Å². The quantitative estimate of drug-likeness (QED) is 0.453. The monoisotopic (exact) mass is 459 g/mol. The molecular weight excluding hydrogens is 434 g/mol. The van der Waals surface area contributed by atoms with E-state index in [1.54, 1.807) is 25.8 Å². The number of benzene rings is 2. The lowest BCUT2D eigenvalue weighted by Gasteiger charge is -2.31. The van der Waals surface area contributed by atoms with Gasteiger partial charge in [-0.05, 0) is 25.0 Å². The second-order valence-corrected chi connectivity index (χ2v) is 7.97. The third-order valence-electron chi connectivity index (χ3n) is 5.78. The second-order valence-electron chi connectivity index (χ2n) is 7.97. The van der Waals surface area contributed by atoms with Crippen LogP contribution in [-0.2, 0) is 7.05 Å². The summed E-state index contributed by atoms with van der Waals surface area (Å²) < 4.78 is 6.29. The van der Waals surface area contributed by atoms with Crippen molar-refractivity contribution in [2.75, 3.05) is 17.3 Å². The van der Waals surface area contributed by atoms with Gasteiger partial charge >= 0.3 is 0 Å². The average Bonchev–Trinajstić information content (AvgIpc) is 3.16. The Balaban J connectivity index is 1.80. The van der Waals surface area contributed by atoms with Crippen molar-refractivity contribution in [2.24, 2.45) is 7.05 Å². The molecule has 0 aliphatic heterocycles. The number of nitrogens with one attached hydrogen (secondary N) is 1. The van der Waals surface area contributed by atoms with E-state index in [1.165, 1.54) is 11.6 Å². The average molecular weight is 460 g/mol. The van der Waals surface area contributed by atoms with Crippen LogP contribution in [-0.4, -0.2) is 32.8 Å². The molecule has 2 aromatic carbocycles. The molecule has 0 aliphatic rings. The summed E-state index contributed by atoms with van der Waals surface area (Å²) >= 11 is 0. The highest BCUT2D eigenvalue weighted by Gasteiger charge is 2.27. The molecule has 0 radical (unpaired) electrons. The molecule has 9 nitrogen and oxygen atoms in total. The fourth-order valence-electron chi connectivity index (χ4n) is 3.78. The molecule has 0 aliphatic carbocycles. The number of carbonyl (C=O) groups excluding carboxylic acids is 1.